The molecule has 0 spiro atoms. The molecule has 0 saturated heterocycles. The van der Waals surface area contributed by atoms with E-state index in [-0.39, 0.29) is 5.56 Å². The molecule has 7 nitrogen and oxygen atoms in total. The lowest BCUT2D eigenvalue weighted by Gasteiger charge is -2.11. The van der Waals surface area contributed by atoms with Crippen LogP contribution in [0.25, 0.3) is 0 Å². The molecule has 0 amide bonds. The molecule has 0 fully saturated rings. The molecule has 0 radical (unpaired) electrons. The number of carbonyl (C=O) groups excluding carboxylic acids is 2. The van der Waals surface area contributed by atoms with E-state index in [1.54, 1.807) is 12.1 Å². The van der Waals surface area contributed by atoms with Crippen molar-refractivity contribution in [2.75, 3.05) is 0 Å². The number of hydrogen-bond donors (Lipinski definition) is 2. The highest BCUT2D eigenvalue weighted by atomic mass is 16.6. The number of ether oxygens (including phenoxy) is 2. The molecule has 130 valence electrons. The van der Waals surface area contributed by atoms with Gasteiger partial charge in [-0.2, -0.15) is 0 Å². The van der Waals surface area contributed by atoms with Gasteiger partial charge in [-0.25, -0.2) is 0 Å². The summed E-state index contributed by atoms with van der Waals surface area (Å²) in [4.78, 5) is 33.4. The molecule has 0 aliphatic heterocycles. The van der Waals surface area contributed by atoms with Crippen molar-refractivity contribution in [3.05, 3.63) is 65.7 Å². The average Bonchev–Trinajstić information content (AvgIpc) is 2.60. The van der Waals surface area contributed by atoms with Crippen LogP contribution in [0.3, 0.4) is 0 Å². The summed E-state index contributed by atoms with van der Waals surface area (Å²) in [6.45, 7) is 0.365. The Morgan fingerprint density at radius 2 is 1.60 bits per heavy atom. The highest BCUT2D eigenvalue weighted by Crippen LogP contribution is 2.16. The predicted molar refractivity (Wildman–Crippen MR) is 85.9 cm³/mol. The van der Waals surface area contributed by atoms with Gasteiger partial charge in [-0.1, -0.05) is 30.3 Å². The number of aliphatic carboxylic acids is 1. The smallest absolute Gasteiger partial charge is 0.319 e. The Balaban J connectivity index is 1.91. The second-order valence-electron chi connectivity index (χ2n) is 5.08. The molecule has 2 aromatic carbocycles. The summed E-state index contributed by atoms with van der Waals surface area (Å²) in [5.41, 5.74) is 1.09. The SMILES string of the molecule is O=C(O)CC(=O)OC(O)C(=O)c1ccc(OCc2ccccc2)cc1. The van der Waals surface area contributed by atoms with E-state index < -0.39 is 30.4 Å². The lowest BCUT2D eigenvalue weighted by Crippen LogP contribution is -2.27. The topological polar surface area (TPSA) is 110 Å². The Labute approximate surface area is 143 Å². The molecule has 0 aliphatic carbocycles. The number of aliphatic hydroxyl groups excluding tert-OH is 1. The van der Waals surface area contributed by atoms with Crippen molar-refractivity contribution >= 4 is 17.7 Å². The summed E-state index contributed by atoms with van der Waals surface area (Å²) in [5, 5.41) is 18.0. The van der Waals surface area contributed by atoms with Crippen LogP contribution < -0.4 is 4.74 Å². The van der Waals surface area contributed by atoms with Gasteiger partial charge in [0.05, 0.1) is 0 Å². The first-order valence-electron chi connectivity index (χ1n) is 7.36. The Bertz CT molecular complexity index is 738. The average molecular weight is 344 g/mol. The van der Waals surface area contributed by atoms with E-state index in [1.165, 1.54) is 12.1 Å². The Kier molecular flexibility index (Phi) is 6.25. The van der Waals surface area contributed by atoms with Gasteiger partial charge >= 0.3 is 11.9 Å². The minimum absolute atomic E-state index is 0.0997. The second kappa shape index (κ2) is 8.60. The number of esters is 1. The van der Waals surface area contributed by atoms with Crippen molar-refractivity contribution in [1.82, 2.24) is 0 Å². The summed E-state index contributed by atoms with van der Waals surface area (Å²) in [6, 6.07) is 15.4. The lowest BCUT2D eigenvalue weighted by atomic mass is 10.1. The molecule has 0 saturated carbocycles. The number of aliphatic hydroxyl groups is 1. The molecule has 7 heteroatoms. The van der Waals surface area contributed by atoms with Crippen LogP contribution in [-0.2, 0) is 20.9 Å². The fourth-order valence-corrected chi connectivity index (χ4v) is 1.94. The zero-order chi connectivity index (χ0) is 18.2. The van der Waals surface area contributed by atoms with Crippen molar-refractivity contribution in [3.63, 3.8) is 0 Å². The number of carbonyl (C=O) groups is 3. The van der Waals surface area contributed by atoms with E-state index in [0.717, 1.165) is 5.56 Å². The van der Waals surface area contributed by atoms with E-state index >= 15 is 0 Å². The van der Waals surface area contributed by atoms with Crippen molar-refractivity contribution in [2.24, 2.45) is 0 Å². The van der Waals surface area contributed by atoms with E-state index in [9.17, 15) is 19.5 Å². The number of Topliss-reactive ketones (excluding diaryl/α,β-unsaturated/α-hetero) is 1. The number of hydrogen-bond acceptors (Lipinski definition) is 6. The van der Waals surface area contributed by atoms with Gasteiger partial charge in [0, 0.05) is 5.56 Å². The molecule has 1 atom stereocenters. The molecule has 0 heterocycles. The number of rotatable bonds is 8. The fourth-order valence-electron chi connectivity index (χ4n) is 1.94. The minimum atomic E-state index is -2.05. The van der Waals surface area contributed by atoms with Crippen molar-refractivity contribution in [1.29, 1.82) is 0 Å². The zero-order valence-corrected chi connectivity index (χ0v) is 13.1. The third-order valence-electron chi connectivity index (χ3n) is 3.15. The van der Waals surface area contributed by atoms with Crippen LogP contribution in [0.5, 0.6) is 5.75 Å². The summed E-state index contributed by atoms with van der Waals surface area (Å²) in [6.07, 6.45) is -2.99. The van der Waals surface area contributed by atoms with Crippen LogP contribution in [0.4, 0.5) is 0 Å². The molecule has 2 N–H and O–H groups in total. The van der Waals surface area contributed by atoms with Gasteiger partial charge in [-0.05, 0) is 29.8 Å². The molecule has 0 bridgehead atoms. The standard InChI is InChI=1S/C18H16O7/c19-15(20)10-16(21)25-18(23)17(22)13-6-8-14(9-7-13)24-11-12-4-2-1-3-5-12/h1-9,18,23H,10-11H2,(H,19,20). The highest BCUT2D eigenvalue weighted by Gasteiger charge is 2.22. The van der Waals surface area contributed by atoms with Gasteiger partial charge in [-0.15, -0.1) is 0 Å². The van der Waals surface area contributed by atoms with Crippen LogP contribution >= 0.6 is 0 Å². The quantitative estimate of drug-likeness (QED) is 0.325. The normalized spacial score (nSPS) is 11.4. The van der Waals surface area contributed by atoms with Crippen LogP contribution in [-0.4, -0.2) is 34.2 Å². The maximum Gasteiger partial charge on any atom is 0.319 e. The largest absolute Gasteiger partial charge is 0.489 e. The monoisotopic (exact) mass is 344 g/mol. The Morgan fingerprint density at radius 1 is 0.960 bits per heavy atom. The first-order chi connectivity index (χ1) is 12.0. The van der Waals surface area contributed by atoms with E-state index in [0.29, 0.717) is 12.4 Å². The van der Waals surface area contributed by atoms with Crippen molar-refractivity contribution < 1.29 is 34.1 Å². The minimum Gasteiger partial charge on any atom is -0.489 e. The van der Waals surface area contributed by atoms with Crippen LogP contribution in [0, 0.1) is 0 Å². The van der Waals surface area contributed by atoms with Gasteiger partial charge in [0.15, 0.2) is 0 Å². The molecule has 2 aromatic rings. The van der Waals surface area contributed by atoms with E-state index in [2.05, 4.69) is 4.74 Å². The summed E-state index contributed by atoms with van der Waals surface area (Å²) >= 11 is 0. The molecule has 2 rings (SSSR count). The van der Waals surface area contributed by atoms with E-state index in [1.807, 2.05) is 30.3 Å². The molecule has 0 aliphatic rings. The lowest BCUT2D eigenvalue weighted by molar-refractivity contribution is -0.164. The third kappa shape index (κ3) is 5.74. The van der Waals surface area contributed by atoms with Crippen LogP contribution in [0.15, 0.2) is 54.6 Å². The number of carboxylic acid groups (broad SMARTS) is 1. The first kappa shape index (κ1) is 18.2. The zero-order valence-electron chi connectivity index (χ0n) is 13.1. The van der Waals surface area contributed by atoms with Gasteiger partial charge in [0.25, 0.3) is 6.29 Å². The summed E-state index contributed by atoms with van der Waals surface area (Å²) < 4.78 is 9.94. The number of carboxylic acids is 1. The number of ketones is 1. The van der Waals surface area contributed by atoms with Crippen molar-refractivity contribution in [3.8, 4) is 5.75 Å². The Hall–Kier alpha value is -3.19. The van der Waals surface area contributed by atoms with Gasteiger partial charge in [-0.3, -0.25) is 14.4 Å². The Morgan fingerprint density at radius 3 is 2.20 bits per heavy atom. The van der Waals surface area contributed by atoms with E-state index in [4.69, 9.17) is 9.84 Å². The van der Waals surface area contributed by atoms with Crippen LogP contribution in [0.1, 0.15) is 22.3 Å². The van der Waals surface area contributed by atoms with Crippen LogP contribution in [0.2, 0.25) is 0 Å². The molecule has 25 heavy (non-hydrogen) atoms. The molecular weight excluding hydrogens is 328 g/mol. The van der Waals surface area contributed by atoms with Gasteiger partial charge in [0.1, 0.15) is 18.8 Å². The highest BCUT2D eigenvalue weighted by molar-refractivity contribution is 6.00. The third-order valence-corrected chi connectivity index (χ3v) is 3.15. The second-order valence-corrected chi connectivity index (χ2v) is 5.08. The summed E-state index contributed by atoms with van der Waals surface area (Å²) in [7, 11) is 0. The number of benzene rings is 2. The molecule has 1 unspecified atom stereocenters. The van der Waals surface area contributed by atoms with Gasteiger partial charge in [0.2, 0.25) is 5.78 Å². The predicted octanol–water partition coefficient (Wildman–Crippen LogP) is 1.78. The fraction of sp³-hybridized carbons (Fsp3) is 0.167. The maximum atomic E-state index is 11.9. The summed E-state index contributed by atoms with van der Waals surface area (Å²) in [5.74, 6) is -2.94. The first-order valence-corrected chi connectivity index (χ1v) is 7.36. The molecular formula is C18H16O7. The van der Waals surface area contributed by atoms with Gasteiger partial charge < -0.3 is 19.7 Å². The van der Waals surface area contributed by atoms with Crippen molar-refractivity contribution in [2.45, 2.75) is 19.3 Å². The molecule has 0 aromatic heterocycles. The maximum absolute atomic E-state index is 11.9.